The summed E-state index contributed by atoms with van der Waals surface area (Å²) >= 11 is 1.16. The lowest BCUT2D eigenvalue weighted by Crippen LogP contribution is -2.57. The smallest absolute Gasteiger partial charge is 0.355 e. The molecule has 2 rings (SSSR count). The van der Waals surface area contributed by atoms with Gasteiger partial charge in [-0.05, 0) is 18.4 Å². The number of nitrogens with one attached hydrogen (secondary N) is 1. The Kier molecular flexibility index (Phi) is 10.1. The van der Waals surface area contributed by atoms with Crippen LogP contribution < -0.4 is 5.32 Å². The Labute approximate surface area is 191 Å². The van der Waals surface area contributed by atoms with Gasteiger partial charge >= 0.3 is 6.18 Å². The predicted molar refractivity (Wildman–Crippen MR) is 120 cm³/mol. The maximum atomic E-state index is 12.9. The van der Waals surface area contributed by atoms with Crippen LogP contribution in [0.2, 0.25) is 0 Å². The van der Waals surface area contributed by atoms with Gasteiger partial charge in [0, 0.05) is 53.4 Å². The highest BCUT2D eigenvalue weighted by atomic mass is 127. The Morgan fingerprint density at radius 3 is 2.45 bits per heavy atom. The average molecular weight is 569 g/mol. The van der Waals surface area contributed by atoms with Gasteiger partial charge in [-0.3, -0.25) is 9.89 Å². The van der Waals surface area contributed by atoms with Crippen LogP contribution in [0.4, 0.5) is 13.2 Å². The summed E-state index contributed by atoms with van der Waals surface area (Å²) in [5.74, 6) is 0.557. The molecule has 1 fully saturated rings. The number of hydrogen-bond acceptors (Lipinski definition) is 5. The quantitative estimate of drug-likeness (QED) is 0.323. The Morgan fingerprint density at radius 2 is 1.97 bits per heavy atom. The van der Waals surface area contributed by atoms with Gasteiger partial charge in [0.25, 0.3) is 10.0 Å². The molecule has 1 aromatic rings. The summed E-state index contributed by atoms with van der Waals surface area (Å²) in [6.45, 7) is 3.17. The maximum Gasteiger partial charge on any atom is 0.403 e. The molecule has 0 bridgehead atoms. The Morgan fingerprint density at radius 1 is 1.34 bits per heavy atom. The molecule has 7 nitrogen and oxygen atoms in total. The van der Waals surface area contributed by atoms with E-state index in [2.05, 4.69) is 10.3 Å². The first-order valence-corrected chi connectivity index (χ1v) is 11.2. The van der Waals surface area contributed by atoms with Gasteiger partial charge in [0.2, 0.25) is 0 Å². The fraction of sp³-hybridized carbons (Fsp3) is 0.688. The second-order valence-corrected chi connectivity index (χ2v) is 9.69. The molecule has 13 heteroatoms. The van der Waals surface area contributed by atoms with E-state index in [1.165, 1.54) is 23.2 Å². The molecule has 1 aliphatic heterocycles. The minimum absolute atomic E-state index is 0. The fourth-order valence-corrected chi connectivity index (χ4v) is 5.24. The van der Waals surface area contributed by atoms with Crippen LogP contribution in [0.25, 0.3) is 0 Å². The van der Waals surface area contributed by atoms with Gasteiger partial charge in [-0.25, -0.2) is 8.42 Å². The van der Waals surface area contributed by atoms with Crippen LogP contribution in [-0.2, 0) is 10.0 Å². The standard InChI is InChI=1S/C16H26F3N5O2S2.HI/c1-13(16(17,18)19)23-8-10-24(11-9-23)15(20-2)21-6-7-22(3)28(25,26)14-5-4-12-27-14;/h4-5,12-13H,6-11H2,1-3H3,(H,20,21);1H. The Hall–Kier alpha value is -0.640. The van der Waals surface area contributed by atoms with Crippen molar-refractivity contribution in [3.8, 4) is 0 Å². The molecule has 1 N–H and O–H groups in total. The molecule has 0 radical (unpaired) electrons. The summed E-state index contributed by atoms with van der Waals surface area (Å²) in [4.78, 5) is 7.45. The second kappa shape index (κ2) is 11.1. The molecule has 1 saturated heterocycles. The second-order valence-electron chi connectivity index (χ2n) is 6.47. The normalized spacial score (nSPS) is 17.9. The number of rotatable bonds is 6. The van der Waals surface area contributed by atoms with E-state index in [9.17, 15) is 21.6 Å². The molecule has 1 unspecified atom stereocenters. The fourth-order valence-electron chi connectivity index (χ4n) is 2.87. The molecule has 0 spiro atoms. The minimum atomic E-state index is -4.24. The number of hydrogen-bond donors (Lipinski definition) is 1. The van der Waals surface area contributed by atoms with Crippen LogP contribution in [0.3, 0.4) is 0 Å². The molecule has 1 atom stereocenters. The van der Waals surface area contributed by atoms with E-state index in [1.54, 1.807) is 24.6 Å². The van der Waals surface area contributed by atoms with E-state index in [0.29, 0.717) is 25.6 Å². The number of piperazine rings is 1. The first-order valence-electron chi connectivity index (χ1n) is 8.83. The Bertz CT molecular complexity index is 751. The van der Waals surface area contributed by atoms with Crippen LogP contribution in [-0.4, -0.2) is 94.1 Å². The molecule has 1 aliphatic rings. The largest absolute Gasteiger partial charge is 0.403 e. The molecule has 2 heterocycles. The number of aliphatic imine (C=N–C) groups is 1. The van der Waals surface area contributed by atoms with Gasteiger partial charge in [-0.2, -0.15) is 17.5 Å². The topological polar surface area (TPSA) is 68.2 Å². The van der Waals surface area contributed by atoms with Gasteiger partial charge in [-0.15, -0.1) is 35.3 Å². The highest BCUT2D eigenvalue weighted by Crippen LogP contribution is 2.25. The number of thiophene rings is 1. The zero-order valence-electron chi connectivity index (χ0n) is 16.5. The first-order chi connectivity index (χ1) is 13.1. The number of likely N-dealkylation sites (N-methyl/N-ethyl adjacent to an activating group) is 1. The van der Waals surface area contributed by atoms with Gasteiger partial charge in [0.05, 0.1) is 0 Å². The minimum Gasteiger partial charge on any atom is -0.355 e. The summed E-state index contributed by atoms with van der Waals surface area (Å²) < 4.78 is 64.9. The van der Waals surface area contributed by atoms with Crippen molar-refractivity contribution in [2.45, 2.75) is 23.4 Å². The summed E-state index contributed by atoms with van der Waals surface area (Å²) in [5, 5.41) is 4.80. The van der Waals surface area contributed by atoms with Gasteiger partial charge in [0.1, 0.15) is 10.3 Å². The number of sulfonamides is 1. The monoisotopic (exact) mass is 569 g/mol. The lowest BCUT2D eigenvalue weighted by atomic mass is 10.2. The van der Waals surface area contributed by atoms with Gasteiger partial charge in [0.15, 0.2) is 5.96 Å². The number of nitrogens with zero attached hydrogens (tertiary/aromatic N) is 4. The van der Waals surface area contributed by atoms with Crippen molar-refractivity contribution in [1.29, 1.82) is 0 Å². The van der Waals surface area contributed by atoms with Gasteiger partial charge in [-0.1, -0.05) is 6.07 Å². The van der Waals surface area contributed by atoms with Crippen molar-refractivity contribution in [1.82, 2.24) is 19.4 Å². The molecule has 0 aliphatic carbocycles. The Balaban J connectivity index is 0.00000420. The molecule has 0 saturated carbocycles. The molecule has 0 amide bonds. The molecule has 29 heavy (non-hydrogen) atoms. The van der Waals surface area contributed by atoms with Crippen molar-refractivity contribution in [2.24, 2.45) is 4.99 Å². The molecule has 1 aromatic heterocycles. The summed E-state index contributed by atoms with van der Waals surface area (Å²) in [6, 6.07) is 1.77. The van der Waals surface area contributed by atoms with E-state index in [-0.39, 0.29) is 47.8 Å². The molecule has 0 aromatic carbocycles. The van der Waals surface area contributed by atoms with Crippen LogP contribution in [0.5, 0.6) is 0 Å². The van der Waals surface area contributed by atoms with Crippen molar-refractivity contribution >= 4 is 51.3 Å². The van der Waals surface area contributed by atoms with E-state index >= 15 is 0 Å². The zero-order chi connectivity index (χ0) is 20.9. The third-order valence-electron chi connectivity index (χ3n) is 4.72. The predicted octanol–water partition coefficient (Wildman–Crippen LogP) is 2.13. The zero-order valence-corrected chi connectivity index (χ0v) is 20.5. The van der Waals surface area contributed by atoms with Crippen molar-refractivity contribution in [2.75, 3.05) is 53.4 Å². The molecule has 168 valence electrons. The van der Waals surface area contributed by atoms with Crippen LogP contribution >= 0.6 is 35.3 Å². The van der Waals surface area contributed by atoms with Crippen LogP contribution in [0.15, 0.2) is 26.7 Å². The first kappa shape index (κ1) is 26.4. The van der Waals surface area contributed by atoms with E-state index in [1.807, 2.05) is 4.90 Å². The third kappa shape index (κ3) is 6.94. The van der Waals surface area contributed by atoms with E-state index < -0.39 is 22.2 Å². The molecular formula is C16H27F3IN5O2S2. The number of alkyl halides is 3. The SMILES string of the molecule is CN=C(NCCN(C)S(=O)(=O)c1cccs1)N1CCN(C(C)C(F)(F)F)CC1.I. The van der Waals surface area contributed by atoms with Crippen molar-refractivity contribution < 1.29 is 21.6 Å². The van der Waals surface area contributed by atoms with Crippen molar-refractivity contribution in [3.05, 3.63) is 17.5 Å². The average Bonchev–Trinajstić information content (AvgIpc) is 3.19. The summed E-state index contributed by atoms with van der Waals surface area (Å²) in [7, 11) is -0.404. The van der Waals surface area contributed by atoms with E-state index in [0.717, 1.165) is 11.3 Å². The molecular weight excluding hydrogens is 542 g/mol. The number of guanidine groups is 1. The lowest BCUT2D eigenvalue weighted by Gasteiger charge is -2.39. The summed E-state index contributed by atoms with van der Waals surface area (Å²) in [5.41, 5.74) is 0. The third-order valence-corrected chi connectivity index (χ3v) is 7.95. The van der Waals surface area contributed by atoms with Crippen LogP contribution in [0, 0.1) is 0 Å². The number of halogens is 4. The summed E-state index contributed by atoms with van der Waals surface area (Å²) in [6.07, 6.45) is -4.24. The highest BCUT2D eigenvalue weighted by molar-refractivity contribution is 14.0. The van der Waals surface area contributed by atoms with Crippen LogP contribution in [0.1, 0.15) is 6.92 Å². The van der Waals surface area contributed by atoms with Crippen molar-refractivity contribution in [3.63, 3.8) is 0 Å². The van der Waals surface area contributed by atoms with E-state index in [4.69, 9.17) is 0 Å². The van der Waals surface area contributed by atoms with Gasteiger partial charge < -0.3 is 10.2 Å². The maximum absolute atomic E-state index is 12.9. The lowest BCUT2D eigenvalue weighted by molar-refractivity contribution is -0.181. The highest BCUT2D eigenvalue weighted by Gasteiger charge is 2.41.